The first-order chi connectivity index (χ1) is 9.44. The van der Waals surface area contributed by atoms with Crippen LogP contribution in [0.25, 0.3) is 0 Å². The number of nitrogens with one attached hydrogen (secondary N) is 1. The van der Waals surface area contributed by atoms with Gasteiger partial charge < -0.3 is 19.9 Å². The van der Waals surface area contributed by atoms with Crippen LogP contribution in [-0.4, -0.2) is 52.6 Å². The van der Waals surface area contributed by atoms with E-state index in [1.807, 2.05) is 0 Å². The van der Waals surface area contributed by atoms with Gasteiger partial charge in [-0.15, -0.1) is 0 Å². The minimum atomic E-state index is -3.62. The van der Waals surface area contributed by atoms with E-state index in [2.05, 4.69) is 10.1 Å². The quantitative estimate of drug-likeness (QED) is 0.738. The van der Waals surface area contributed by atoms with E-state index < -0.39 is 22.2 Å². The number of aliphatic hydroxyl groups excluding tert-OH is 1. The zero-order chi connectivity index (χ0) is 15.2. The van der Waals surface area contributed by atoms with Gasteiger partial charge in [0.05, 0.1) is 19.5 Å². The van der Waals surface area contributed by atoms with Crippen molar-refractivity contribution in [2.75, 3.05) is 38.5 Å². The fourth-order valence-corrected chi connectivity index (χ4v) is 2.75. The Bertz CT molecular complexity index is 569. The summed E-state index contributed by atoms with van der Waals surface area (Å²) in [5, 5.41) is 11.3. The van der Waals surface area contributed by atoms with E-state index in [1.165, 1.54) is 32.4 Å². The number of methoxy groups -OCH3 is 2. The lowest BCUT2D eigenvalue weighted by Gasteiger charge is -2.11. The molecule has 1 amide bonds. The Hall–Kier alpha value is -1.64. The molecular formula is C12H17NO6S. The standard InChI is InChI=1S/C12H17NO6S/c1-18-8-12(15)13-9-3-4-11(10(7-9)19-2)20(16,17)6-5-14/h3-4,7,14H,5-6,8H2,1-2H3,(H,13,15). The number of amides is 1. The minimum absolute atomic E-state index is 0.0289. The molecule has 1 rings (SSSR count). The van der Waals surface area contributed by atoms with E-state index in [4.69, 9.17) is 9.84 Å². The molecule has 0 saturated carbocycles. The average molecular weight is 303 g/mol. The Labute approximate surface area is 117 Å². The van der Waals surface area contributed by atoms with Crippen LogP contribution in [0.1, 0.15) is 0 Å². The van der Waals surface area contributed by atoms with Crippen molar-refractivity contribution >= 4 is 21.4 Å². The van der Waals surface area contributed by atoms with Crippen LogP contribution >= 0.6 is 0 Å². The van der Waals surface area contributed by atoms with Gasteiger partial charge in [-0.05, 0) is 12.1 Å². The number of carbonyl (C=O) groups is 1. The zero-order valence-electron chi connectivity index (χ0n) is 11.3. The molecule has 0 spiro atoms. The highest BCUT2D eigenvalue weighted by molar-refractivity contribution is 7.91. The molecule has 0 saturated heterocycles. The fraction of sp³-hybridized carbons (Fsp3) is 0.417. The number of rotatable bonds is 7. The molecule has 112 valence electrons. The molecular weight excluding hydrogens is 286 g/mol. The van der Waals surface area contributed by atoms with Crippen molar-refractivity contribution in [1.82, 2.24) is 0 Å². The monoisotopic (exact) mass is 303 g/mol. The van der Waals surface area contributed by atoms with Crippen LogP contribution in [-0.2, 0) is 19.4 Å². The van der Waals surface area contributed by atoms with Crippen molar-refractivity contribution < 1.29 is 27.8 Å². The van der Waals surface area contributed by atoms with Crippen LogP contribution < -0.4 is 10.1 Å². The SMILES string of the molecule is COCC(=O)Nc1ccc(S(=O)(=O)CCO)c(OC)c1. The molecule has 8 heteroatoms. The van der Waals surface area contributed by atoms with E-state index in [0.29, 0.717) is 5.69 Å². The lowest BCUT2D eigenvalue weighted by Crippen LogP contribution is -2.17. The first-order valence-corrected chi connectivity index (χ1v) is 7.40. The van der Waals surface area contributed by atoms with Crippen LogP contribution in [0.2, 0.25) is 0 Å². The Kier molecular flexibility index (Phi) is 5.93. The number of aliphatic hydroxyl groups is 1. The summed E-state index contributed by atoms with van der Waals surface area (Å²) in [7, 11) is -0.900. The fourth-order valence-electron chi connectivity index (χ4n) is 1.56. The van der Waals surface area contributed by atoms with Crippen LogP contribution in [0.4, 0.5) is 5.69 Å². The average Bonchev–Trinajstić information content (AvgIpc) is 2.38. The van der Waals surface area contributed by atoms with E-state index in [1.54, 1.807) is 0 Å². The highest BCUT2D eigenvalue weighted by atomic mass is 32.2. The van der Waals surface area contributed by atoms with Gasteiger partial charge >= 0.3 is 0 Å². The van der Waals surface area contributed by atoms with Gasteiger partial charge in [0, 0.05) is 18.9 Å². The zero-order valence-corrected chi connectivity index (χ0v) is 12.1. The van der Waals surface area contributed by atoms with E-state index >= 15 is 0 Å². The molecule has 7 nitrogen and oxygen atoms in total. The summed E-state index contributed by atoms with van der Waals surface area (Å²) in [6.07, 6.45) is 0. The summed E-state index contributed by atoms with van der Waals surface area (Å²) in [6, 6.07) is 4.17. The molecule has 0 fully saturated rings. The van der Waals surface area contributed by atoms with E-state index in [0.717, 1.165) is 0 Å². The topological polar surface area (TPSA) is 102 Å². The van der Waals surface area contributed by atoms with Crippen molar-refractivity contribution in [2.45, 2.75) is 4.90 Å². The molecule has 20 heavy (non-hydrogen) atoms. The van der Waals surface area contributed by atoms with Gasteiger partial charge in [0.25, 0.3) is 0 Å². The van der Waals surface area contributed by atoms with Gasteiger partial charge in [0.1, 0.15) is 17.3 Å². The molecule has 1 aromatic carbocycles. The summed E-state index contributed by atoms with van der Waals surface area (Å²) in [5.41, 5.74) is 0.395. The molecule has 2 N–H and O–H groups in total. The normalized spacial score (nSPS) is 11.2. The Morgan fingerprint density at radius 3 is 2.60 bits per heavy atom. The second-order valence-electron chi connectivity index (χ2n) is 3.89. The van der Waals surface area contributed by atoms with Crippen molar-refractivity contribution in [1.29, 1.82) is 0 Å². The summed E-state index contributed by atoms with van der Waals surface area (Å²) < 4.78 is 33.5. The third kappa shape index (κ3) is 4.19. The third-order valence-electron chi connectivity index (χ3n) is 2.42. The van der Waals surface area contributed by atoms with Crippen LogP contribution in [0.15, 0.2) is 23.1 Å². The highest BCUT2D eigenvalue weighted by Gasteiger charge is 2.19. The number of sulfone groups is 1. The van der Waals surface area contributed by atoms with Crippen molar-refractivity contribution in [2.24, 2.45) is 0 Å². The van der Waals surface area contributed by atoms with Gasteiger partial charge in [-0.25, -0.2) is 8.42 Å². The van der Waals surface area contributed by atoms with E-state index in [9.17, 15) is 13.2 Å². The van der Waals surface area contributed by atoms with Crippen LogP contribution in [0.3, 0.4) is 0 Å². The molecule has 0 radical (unpaired) electrons. The number of benzene rings is 1. The maximum absolute atomic E-state index is 11.9. The third-order valence-corrected chi connectivity index (χ3v) is 4.15. The number of hydrogen-bond donors (Lipinski definition) is 2. The number of anilines is 1. The lowest BCUT2D eigenvalue weighted by atomic mass is 10.3. The number of hydrogen-bond acceptors (Lipinski definition) is 6. The molecule has 1 aromatic rings. The molecule has 0 aliphatic heterocycles. The number of ether oxygens (including phenoxy) is 2. The van der Waals surface area contributed by atoms with Crippen LogP contribution in [0.5, 0.6) is 5.75 Å². The summed E-state index contributed by atoms with van der Waals surface area (Å²) in [4.78, 5) is 11.3. The summed E-state index contributed by atoms with van der Waals surface area (Å²) in [5.74, 6) is -0.646. The first kappa shape index (κ1) is 16.4. The maximum atomic E-state index is 11.9. The van der Waals surface area contributed by atoms with E-state index in [-0.39, 0.29) is 23.2 Å². The summed E-state index contributed by atoms with van der Waals surface area (Å²) in [6.45, 7) is -0.579. The Morgan fingerprint density at radius 1 is 1.35 bits per heavy atom. The largest absolute Gasteiger partial charge is 0.495 e. The molecule has 0 bridgehead atoms. The minimum Gasteiger partial charge on any atom is -0.495 e. The Balaban J connectivity index is 3.05. The Morgan fingerprint density at radius 2 is 2.05 bits per heavy atom. The van der Waals surface area contributed by atoms with Gasteiger partial charge in [0.15, 0.2) is 9.84 Å². The predicted octanol–water partition coefficient (Wildman–Crippen LogP) is 0.0461. The van der Waals surface area contributed by atoms with Crippen molar-refractivity contribution in [3.05, 3.63) is 18.2 Å². The number of carbonyl (C=O) groups excluding carboxylic acids is 1. The van der Waals surface area contributed by atoms with Gasteiger partial charge in [-0.2, -0.15) is 0 Å². The van der Waals surface area contributed by atoms with Gasteiger partial charge in [-0.3, -0.25) is 4.79 Å². The molecule has 0 aliphatic carbocycles. The van der Waals surface area contributed by atoms with Crippen LogP contribution in [0, 0.1) is 0 Å². The maximum Gasteiger partial charge on any atom is 0.250 e. The molecule has 0 atom stereocenters. The van der Waals surface area contributed by atoms with Gasteiger partial charge in [0.2, 0.25) is 5.91 Å². The molecule has 0 aliphatic rings. The second kappa shape index (κ2) is 7.22. The second-order valence-corrected chi connectivity index (χ2v) is 5.97. The predicted molar refractivity (Wildman–Crippen MR) is 72.6 cm³/mol. The smallest absolute Gasteiger partial charge is 0.250 e. The highest BCUT2D eigenvalue weighted by Crippen LogP contribution is 2.28. The summed E-state index contributed by atoms with van der Waals surface area (Å²) >= 11 is 0. The lowest BCUT2D eigenvalue weighted by molar-refractivity contribution is -0.119. The first-order valence-electron chi connectivity index (χ1n) is 5.75. The molecule has 0 heterocycles. The molecule has 0 unspecified atom stereocenters. The van der Waals surface area contributed by atoms with Crippen molar-refractivity contribution in [3.8, 4) is 5.75 Å². The van der Waals surface area contributed by atoms with Crippen molar-refractivity contribution in [3.63, 3.8) is 0 Å². The van der Waals surface area contributed by atoms with Gasteiger partial charge in [-0.1, -0.05) is 0 Å². The molecule has 0 aromatic heterocycles.